The molecule has 5 rings (SSSR count). The van der Waals surface area contributed by atoms with Gasteiger partial charge in [0.15, 0.2) is 5.78 Å². The zero-order chi connectivity index (χ0) is 21.5. The molecule has 31 heavy (non-hydrogen) atoms. The van der Waals surface area contributed by atoms with Crippen LogP contribution in [0.4, 0.5) is 0 Å². The van der Waals surface area contributed by atoms with Gasteiger partial charge in [0.2, 0.25) is 5.91 Å². The van der Waals surface area contributed by atoms with Crippen LogP contribution in [0.1, 0.15) is 22.3 Å². The average molecular weight is 412 g/mol. The smallest absolute Gasteiger partial charge is 0.246 e. The van der Waals surface area contributed by atoms with Crippen molar-refractivity contribution in [2.24, 2.45) is 0 Å². The Morgan fingerprint density at radius 1 is 1.06 bits per heavy atom. The monoisotopic (exact) mass is 412 g/mol. The van der Waals surface area contributed by atoms with Crippen molar-refractivity contribution >= 4 is 22.5 Å². The van der Waals surface area contributed by atoms with Crippen LogP contribution in [-0.4, -0.2) is 52.3 Å². The van der Waals surface area contributed by atoms with Gasteiger partial charge in [0, 0.05) is 44.2 Å². The molecular weight excluding hydrogens is 388 g/mol. The van der Waals surface area contributed by atoms with Gasteiger partial charge in [-0.1, -0.05) is 43.0 Å². The van der Waals surface area contributed by atoms with Gasteiger partial charge >= 0.3 is 0 Å². The maximum absolute atomic E-state index is 13.0. The summed E-state index contributed by atoms with van der Waals surface area (Å²) < 4.78 is 0. The highest BCUT2D eigenvalue weighted by Gasteiger charge is 2.35. The van der Waals surface area contributed by atoms with Crippen LogP contribution in [0.3, 0.4) is 0 Å². The number of phenolic OH excluding ortho intramolecular Hbond substituents is 1. The van der Waals surface area contributed by atoms with Crippen LogP contribution >= 0.6 is 0 Å². The minimum Gasteiger partial charge on any atom is -0.508 e. The number of aromatic hydroxyl groups is 1. The molecule has 156 valence electrons. The van der Waals surface area contributed by atoms with Gasteiger partial charge in [-0.3, -0.25) is 14.5 Å². The number of ketones is 1. The third kappa shape index (κ3) is 3.51. The Bertz CT molecular complexity index is 1210. The molecule has 0 radical (unpaired) electrons. The third-order valence-corrected chi connectivity index (χ3v) is 6.43. The molecule has 0 unspecified atom stereocenters. The van der Waals surface area contributed by atoms with Crippen molar-refractivity contribution in [3.05, 3.63) is 78.4 Å². The minimum absolute atomic E-state index is 0.0365. The van der Waals surface area contributed by atoms with E-state index in [0.29, 0.717) is 32.6 Å². The molecule has 1 N–H and O–H groups in total. The van der Waals surface area contributed by atoms with E-state index in [1.807, 2.05) is 42.5 Å². The number of amides is 1. The van der Waals surface area contributed by atoms with Gasteiger partial charge in [0.05, 0.1) is 0 Å². The van der Waals surface area contributed by atoms with Crippen LogP contribution in [0.5, 0.6) is 5.75 Å². The summed E-state index contributed by atoms with van der Waals surface area (Å²) in [5, 5.41) is 12.2. The van der Waals surface area contributed by atoms with Gasteiger partial charge in [0.1, 0.15) is 5.75 Å². The van der Waals surface area contributed by atoms with Crippen molar-refractivity contribution in [3.63, 3.8) is 0 Å². The van der Waals surface area contributed by atoms with Crippen LogP contribution in [0.2, 0.25) is 0 Å². The standard InChI is InChI=1S/C26H24N2O3/c1-2-26(31)28-15-20(16-28)27-10-9-25(30)24-12-18(7-8-19(24)14-27)23-13-21(29)11-17-5-3-4-6-22(17)23/h2-8,11-13,20,29H,1,9-10,14-16H2. The van der Waals surface area contributed by atoms with Crippen molar-refractivity contribution in [2.75, 3.05) is 19.6 Å². The Labute approximate surface area is 181 Å². The molecule has 1 saturated heterocycles. The summed E-state index contributed by atoms with van der Waals surface area (Å²) >= 11 is 0. The van der Waals surface area contributed by atoms with Gasteiger partial charge in [-0.05, 0) is 51.7 Å². The lowest BCUT2D eigenvalue weighted by molar-refractivity contribution is -0.133. The Hall–Kier alpha value is -3.44. The second-order valence-corrected chi connectivity index (χ2v) is 8.33. The van der Waals surface area contributed by atoms with Crippen LogP contribution in [0.25, 0.3) is 21.9 Å². The molecule has 5 heteroatoms. The zero-order valence-corrected chi connectivity index (χ0v) is 17.3. The lowest BCUT2D eigenvalue weighted by Crippen LogP contribution is -2.60. The molecule has 0 aromatic heterocycles. The number of rotatable bonds is 3. The number of nitrogens with zero attached hydrogens (tertiary/aromatic N) is 2. The molecule has 0 spiro atoms. The molecule has 0 aliphatic carbocycles. The highest BCUT2D eigenvalue weighted by atomic mass is 16.3. The molecule has 0 atom stereocenters. The first kappa shape index (κ1) is 19.5. The lowest BCUT2D eigenvalue weighted by Gasteiger charge is -2.44. The summed E-state index contributed by atoms with van der Waals surface area (Å²) in [6, 6.07) is 17.8. The first-order chi connectivity index (χ1) is 15.0. The van der Waals surface area contributed by atoms with E-state index >= 15 is 0 Å². The number of carbonyl (C=O) groups excluding carboxylic acids is 2. The Morgan fingerprint density at radius 2 is 1.87 bits per heavy atom. The molecule has 2 heterocycles. The summed E-state index contributed by atoms with van der Waals surface area (Å²) in [6.45, 7) is 6.30. The van der Waals surface area contributed by atoms with E-state index in [1.54, 1.807) is 17.0 Å². The minimum atomic E-state index is -0.0365. The van der Waals surface area contributed by atoms with Gasteiger partial charge in [-0.2, -0.15) is 0 Å². The second kappa shape index (κ2) is 7.67. The molecule has 3 aromatic rings. The number of fused-ring (bicyclic) bond motifs is 2. The van der Waals surface area contributed by atoms with Crippen molar-refractivity contribution in [2.45, 2.75) is 19.0 Å². The summed E-state index contributed by atoms with van der Waals surface area (Å²) in [6.07, 6.45) is 1.81. The Morgan fingerprint density at radius 3 is 2.68 bits per heavy atom. The predicted octanol–water partition coefficient (Wildman–Crippen LogP) is 4.00. The largest absolute Gasteiger partial charge is 0.508 e. The molecule has 1 fully saturated rings. The maximum Gasteiger partial charge on any atom is 0.246 e. The summed E-state index contributed by atoms with van der Waals surface area (Å²) in [7, 11) is 0. The normalized spacial score (nSPS) is 17.2. The molecule has 2 aliphatic heterocycles. The number of phenols is 1. The van der Waals surface area contributed by atoms with E-state index in [0.717, 1.165) is 33.0 Å². The van der Waals surface area contributed by atoms with Crippen LogP contribution in [-0.2, 0) is 11.3 Å². The molecule has 5 nitrogen and oxygen atoms in total. The second-order valence-electron chi connectivity index (χ2n) is 8.33. The number of hydrogen-bond acceptors (Lipinski definition) is 4. The van der Waals surface area contributed by atoms with E-state index in [-0.39, 0.29) is 23.5 Å². The highest BCUT2D eigenvalue weighted by molar-refractivity contribution is 6.02. The zero-order valence-electron chi connectivity index (χ0n) is 17.3. The van der Waals surface area contributed by atoms with Crippen LogP contribution in [0, 0.1) is 0 Å². The first-order valence-electron chi connectivity index (χ1n) is 10.6. The van der Waals surface area contributed by atoms with E-state index in [9.17, 15) is 14.7 Å². The summed E-state index contributed by atoms with van der Waals surface area (Å²) in [5.41, 5.74) is 3.62. The molecule has 2 aliphatic rings. The van der Waals surface area contributed by atoms with Crippen molar-refractivity contribution in [3.8, 4) is 16.9 Å². The lowest BCUT2D eigenvalue weighted by atomic mass is 9.93. The predicted molar refractivity (Wildman–Crippen MR) is 121 cm³/mol. The van der Waals surface area contributed by atoms with Gasteiger partial charge in [-0.25, -0.2) is 0 Å². The van der Waals surface area contributed by atoms with E-state index in [1.165, 1.54) is 6.08 Å². The maximum atomic E-state index is 13.0. The van der Waals surface area contributed by atoms with E-state index < -0.39 is 0 Å². The Kier molecular flexibility index (Phi) is 4.83. The van der Waals surface area contributed by atoms with Crippen LogP contribution < -0.4 is 0 Å². The topological polar surface area (TPSA) is 60.9 Å². The summed E-state index contributed by atoms with van der Waals surface area (Å²) in [4.78, 5) is 28.8. The number of benzene rings is 3. The molecule has 0 saturated carbocycles. The van der Waals surface area contributed by atoms with Crippen LogP contribution in [0.15, 0.2) is 67.3 Å². The number of likely N-dealkylation sites (tertiary alicyclic amines) is 1. The number of hydrogen-bond donors (Lipinski definition) is 1. The highest BCUT2D eigenvalue weighted by Crippen LogP contribution is 2.35. The fourth-order valence-electron chi connectivity index (χ4n) is 4.66. The van der Waals surface area contributed by atoms with Crippen molar-refractivity contribution < 1.29 is 14.7 Å². The molecule has 0 bridgehead atoms. The van der Waals surface area contributed by atoms with Crippen molar-refractivity contribution in [1.29, 1.82) is 0 Å². The third-order valence-electron chi connectivity index (χ3n) is 6.43. The number of Topliss-reactive ketones (excluding diaryl/α,β-unsaturated/α-hetero) is 1. The van der Waals surface area contributed by atoms with Crippen molar-refractivity contribution in [1.82, 2.24) is 9.80 Å². The molecule has 1 amide bonds. The summed E-state index contributed by atoms with van der Waals surface area (Å²) in [5.74, 6) is 0.317. The van der Waals surface area contributed by atoms with E-state index in [4.69, 9.17) is 0 Å². The Balaban J connectivity index is 1.46. The van der Waals surface area contributed by atoms with E-state index in [2.05, 4.69) is 11.5 Å². The number of carbonyl (C=O) groups is 2. The molecule has 3 aromatic carbocycles. The van der Waals surface area contributed by atoms with Gasteiger partial charge < -0.3 is 10.0 Å². The fourth-order valence-corrected chi connectivity index (χ4v) is 4.66. The SMILES string of the molecule is C=CC(=O)N1CC(N2CCC(=O)c3cc(-c4cc(O)cc5ccccc45)ccc3C2)C1. The average Bonchev–Trinajstić information content (AvgIpc) is 2.90. The van der Waals surface area contributed by atoms with Gasteiger partial charge in [-0.15, -0.1) is 0 Å². The van der Waals surface area contributed by atoms with Gasteiger partial charge in [0.25, 0.3) is 0 Å². The quantitative estimate of drug-likeness (QED) is 0.661. The fraction of sp³-hybridized carbons (Fsp3) is 0.231. The molecular formula is C26H24N2O3. The first-order valence-corrected chi connectivity index (χ1v) is 10.6.